The van der Waals surface area contributed by atoms with Gasteiger partial charge >= 0.3 is 0 Å². The summed E-state index contributed by atoms with van der Waals surface area (Å²) >= 11 is 0. The van der Waals surface area contributed by atoms with Crippen molar-refractivity contribution in [1.29, 1.82) is 0 Å². The number of amides is 1. The number of carbonyl (C=O) groups excluding carboxylic acids is 2. The first kappa shape index (κ1) is 32.7. The molecular weight excluding hydrogens is 528 g/mol. The average molecular weight is 573 g/mol. The molecular formula is C35H44N2O5. The summed E-state index contributed by atoms with van der Waals surface area (Å²) in [5.41, 5.74) is 3.97. The van der Waals surface area contributed by atoms with Crippen LogP contribution >= 0.6 is 0 Å². The predicted molar refractivity (Wildman–Crippen MR) is 168 cm³/mol. The molecule has 0 radical (unpaired) electrons. The average Bonchev–Trinajstić information content (AvgIpc) is 3.00. The summed E-state index contributed by atoms with van der Waals surface area (Å²) in [5, 5.41) is 22.1. The fourth-order valence-electron chi connectivity index (χ4n) is 4.58. The van der Waals surface area contributed by atoms with E-state index in [1.54, 1.807) is 18.2 Å². The Morgan fingerprint density at radius 1 is 0.905 bits per heavy atom. The van der Waals surface area contributed by atoms with Crippen LogP contribution < -0.4 is 5.32 Å². The number of carbonyl (C=O) groups is 2. The zero-order chi connectivity index (χ0) is 30.0. The lowest BCUT2D eigenvalue weighted by atomic mass is 10.1. The van der Waals surface area contributed by atoms with Gasteiger partial charge in [0.25, 0.3) is 0 Å². The second kappa shape index (κ2) is 18.6. The molecule has 3 aromatic rings. The van der Waals surface area contributed by atoms with Gasteiger partial charge in [0.15, 0.2) is 5.78 Å². The first-order valence-corrected chi connectivity index (χ1v) is 14.8. The SMILES string of the molecule is CCC=CC(=O)Nc1ccc(CCOCCCCCCN(CC(=O)c2ccc(O)c(CO)c2)Cc2ccccc2)cc1. The van der Waals surface area contributed by atoms with E-state index in [1.807, 2.05) is 55.5 Å². The van der Waals surface area contributed by atoms with Crippen LogP contribution in [-0.2, 0) is 29.1 Å². The third kappa shape index (κ3) is 12.0. The lowest BCUT2D eigenvalue weighted by Gasteiger charge is -2.22. The Bertz CT molecular complexity index is 1260. The monoisotopic (exact) mass is 572 g/mol. The van der Waals surface area contributed by atoms with Gasteiger partial charge in [-0.3, -0.25) is 14.5 Å². The topological polar surface area (TPSA) is 99.1 Å². The van der Waals surface area contributed by atoms with Gasteiger partial charge < -0.3 is 20.3 Å². The Kier molecular flexibility index (Phi) is 14.5. The van der Waals surface area contributed by atoms with Gasteiger partial charge in [0, 0.05) is 30.0 Å². The molecule has 0 bridgehead atoms. The number of hydrogen-bond donors (Lipinski definition) is 3. The van der Waals surface area contributed by atoms with Crippen LogP contribution in [0.1, 0.15) is 66.1 Å². The molecule has 0 saturated carbocycles. The molecule has 0 heterocycles. The van der Waals surface area contributed by atoms with E-state index in [9.17, 15) is 19.8 Å². The number of phenols is 1. The number of anilines is 1. The Morgan fingerprint density at radius 3 is 2.40 bits per heavy atom. The highest BCUT2D eigenvalue weighted by Crippen LogP contribution is 2.19. The molecule has 0 atom stereocenters. The summed E-state index contributed by atoms with van der Waals surface area (Å²) in [5.74, 6) is -0.148. The third-order valence-corrected chi connectivity index (χ3v) is 6.96. The maximum atomic E-state index is 13.0. The molecule has 3 aromatic carbocycles. The first-order chi connectivity index (χ1) is 20.5. The van der Waals surface area contributed by atoms with Gasteiger partial charge in [-0.2, -0.15) is 0 Å². The summed E-state index contributed by atoms with van der Waals surface area (Å²) in [4.78, 5) is 27.0. The third-order valence-electron chi connectivity index (χ3n) is 6.96. The number of Topliss-reactive ketones (excluding diaryl/α,β-unsaturated/α-hetero) is 1. The van der Waals surface area contributed by atoms with Gasteiger partial charge in [0.05, 0.1) is 19.8 Å². The number of aromatic hydroxyl groups is 1. The molecule has 0 saturated heterocycles. The fraction of sp³-hybridized carbons (Fsp3) is 0.371. The number of nitrogens with zero attached hydrogens (tertiary/aromatic N) is 1. The largest absolute Gasteiger partial charge is 0.508 e. The van der Waals surface area contributed by atoms with Crippen LogP contribution in [0, 0.1) is 0 Å². The van der Waals surface area contributed by atoms with Crippen LogP contribution in [0.5, 0.6) is 5.75 Å². The number of allylic oxidation sites excluding steroid dienone is 1. The maximum Gasteiger partial charge on any atom is 0.248 e. The molecule has 0 unspecified atom stereocenters. The summed E-state index contributed by atoms with van der Waals surface area (Å²) < 4.78 is 5.84. The van der Waals surface area contributed by atoms with Gasteiger partial charge in [0.2, 0.25) is 5.91 Å². The summed E-state index contributed by atoms with van der Waals surface area (Å²) in [7, 11) is 0. The van der Waals surface area contributed by atoms with E-state index in [-0.39, 0.29) is 30.6 Å². The van der Waals surface area contributed by atoms with Crippen molar-refractivity contribution >= 4 is 17.4 Å². The molecule has 224 valence electrons. The molecule has 0 aliphatic heterocycles. The number of benzene rings is 3. The van der Waals surface area contributed by atoms with Gasteiger partial charge in [-0.1, -0.05) is 68.3 Å². The van der Waals surface area contributed by atoms with Gasteiger partial charge in [-0.15, -0.1) is 0 Å². The Morgan fingerprint density at radius 2 is 1.67 bits per heavy atom. The fourth-order valence-corrected chi connectivity index (χ4v) is 4.58. The van der Waals surface area contributed by atoms with Crippen LogP contribution in [0.2, 0.25) is 0 Å². The van der Waals surface area contributed by atoms with E-state index in [1.165, 1.54) is 11.6 Å². The van der Waals surface area contributed by atoms with E-state index >= 15 is 0 Å². The molecule has 0 spiro atoms. The molecule has 0 aliphatic carbocycles. The van der Waals surface area contributed by atoms with Crippen LogP contribution in [-0.4, -0.2) is 53.1 Å². The number of nitrogens with one attached hydrogen (secondary N) is 1. The Hall–Kier alpha value is -3.78. The number of aliphatic hydroxyl groups is 1. The predicted octanol–water partition coefficient (Wildman–Crippen LogP) is 6.29. The van der Waals surface area contributed by atoms with Crippen molar-refractivity contribution in [2.75, 3.05) is 31.6 Å². The van der Waals surface area contributed by atoms with Crippen molar-refractivity contribution < 1.29 is 24.5 Å². The van der Waals surface area contributed by atoms with Gasteiger partial charge in [-0.25, -0.2) is 0 Å². The number of ether oxygens (including phenoxy) is 1. The van der Waals surface area contributed by atoms with Gasteiger partial charge in [-0.05, 0) is 79.8 Å². The summed E-state index contributed by atoms with van der Waals surface area (Å²) in [6.45, 7) is 4.82. The van der Waals surface area contributed by atoms with Crippen molar-refractivity contribution in [3.8, 4) is 5.75 Å². The number of ketones is 1. The van der Waals surface area contributed by atoms with E-state index < -0.39 is 0 Å². The number of rotatable bonds is 19. The van der Waals surface area contributed by atoms with Crippen LogP contribution in [0.4, 0.5) is 5.69 Å². The van der Waals surface area contributed by atoms with E-state index in [4.69, 9.17) is 4.74 Å². The zero-order valence-corrected chi connectivity index (χ0v) is 24.6. The van der Waals surface area contributed by atoms with Crippen molar-refractivity contribution in [2.24, 2.45) is 0 Å². The van der Waals surface area contributed by atoms with Crippen molar-refractivity contribution in [1.82, 2.24) is 4.90 Å². The molecule has 7 heteroatoms. The minimum Gasteiger partial charge on any atom is -0.508 e. The number of hydrogen-bond acceptors (Lipinski definition) is 6. The minimum atomic E-state index is -0.310. The van der Waals surface area contributed by atoms with Crippen molar-refractivity contribution in [2.45, 2.75) is 58.6 Å². The maximum absolute atomic E-state index is 13.0. The second-order valence-electron chi connectivity index (χ2n) is 10.4. The molecule has 0 fully saturated rings. The minimum absolute atomic E-state index is 0.00402. The lowest BCUT2D eigenvalue weighted by Crippen LogP contribution is -2.30. The normalized spacial score (nSPS) is 11.3. The Balaban J connectivity index is 1.34. The second-order valence-corrected chi connectivity index (χ2v) is 10.4. The van der Waals surface area contributed by atoms with E-state index in [2.05, 4.69) is 22.3 Å². The molecule has 7 nitrogen and oxygen atoms in total. The standard InChI is InChI=1S/C35H44N2O5/c1-2-3-13-35(41)36-32-17-14-28(15-18-32)20-23-42-22-10-5-4-9-21-37(25-29-11-7-6-8-12-29)26-34(40)30-16-19-33(39)31(24-30)27-38/h3,6-8,11-19,24,38-39H,2,4-5,9-10,20-23,25-27H2,1H3,(H,36,41). The highest BCUT2D eigenvalue weighted by molar-refractivity contribution is 5.99. The molecule has 0 aromatic heterocycles. The van der Waals surface area contributed by atoms with E-state index in [0.29, 0.717) is 24.3 Å². The molecule has 1 amide bonds. The molecule has 0 aliphatic rings. The quantitative estimate of drug-likeness (QED) is 0.0887. The smallest absolute Gasteiger partial charge is 0.248 e. The van der Waals surface area contributed by atoms with Crippen LogP contribution in [0.25, 0.3) is 0 Å². The summed E-state index contributed by atoms with van der Waals surface area (Å²) in [6, 6.07) is 22.6. The Labute approximate surface area is 249 Å². The van der Waals surface area contributed by atoms with E-state index in [0.717, 1.165) is 62.9 Å². The highest BCUT2D eigenvalue weighted by atomic mass is 16.5. The molecule has 3 N–H and O–H groups in total. The van der Waals surface area contributed by atoms with Crippen molar-refractivity contribution in [3.63, 3.8) is 0 Å². The van der Waals surface area contributed by atoms with Gasteiger partial charge in [0.1, 0.15) is 5.75 Å². The zero-order valence-electron chi connectivity index (χ0n) is 24.6. The number of unbranched alkanes of at least 4 members (excludes halogenated alkanes) is 3. The lowest BCUT2D eigenvalue weighted by molar-refractivity contribution is -0.111. The van der Waals surface area contributed by atoms with Crippen molar-refractivity contribution in [3.05, 3.63) is 107 Å². The molecule has 3 rings (SSSR count). The number of aliphatic hydroxyl groups excluding tert-OH is 1. The molecule has 42 heavy (non-hydrogen) atoms. The summed E-state index contributed by atoms with van der Waals surface area (Å²) in [6.07, 6.45) is 9.13. The highest BCUT2D eigenvalue weighted by Gasteiger charge is 2.15. The van der Waals surface area contributed by atoms with Crippen LogP contribution in [0.3, 0.4) is 0 Å². The van der Waals surface area contributed by atoms with Crippen LogP contribution in [0.15, 0.2) is 84.9 Å². The first-order valence-electron chi connectivity index (χ1n) is 14.8.